The van der Waals surface area contributed by atoms with Crippen LogP contribution in [0, 0.1) is 0 Å². The van der Waals surface area contributed by atoms with Crippen LogP contribution in [-0.2, 0) is 32.7 Å². The number of quaternary nitrogens is 1. The van der Waals surface area contributed by atoms with E-state index in [0.717, 1.165) is 38.5 Å². The number of esters is 2. The fourth-order valence-corrected chi connectivity index (χ4v) is 8.50. The molecule has 0 heterocycles. The molecule has 1 unspecified atom stereocenters. The topological polar surface area (TPSA) is 111 Å². The van der Waals surface area contributed by atoms with E-state index in [4.69, 9.17) is 18.5 Å². The Bertz CT molecular complexity index is 1270. The number of carbonyl (C=O) groups is 2. The van der Waals surface area contributed by atoms with Gasteiger partial charge in [0.25, 0.3) is 7.82 Å². The Labute approximate surface area is 414 Å². The minimum absolute atomic E-state index is 0.0408. The van der Waals surface area contributed by atoms with Crippen LogP contribution in [0.2, 0.25) is 0 Å². The molecule has 392 valence electrons. The smallest absolute Gasteiger partial charge is 0.306 e. The summed E-state index contributed by atoms with van der Waals surface area (Å²) in [7, 11) is 1.14. The van der Waals surface area contributed by atoms with Crippen molar-refractivity contribution in [1.82, 2.24) is 0 Å². The van der Waals surface area contributed by atoms with Crippen molar-refractivity contribution in [3.05, 3.63) is 48.6 Å². The average Bonchev–Trinajstić information content (AvgIpc) is 3.29. The average molecular weight is 964 g/mol. The van der Waals surface area contributed by atoms with Crippen molar-refractivity contribution in [1.29, 1.82) is 0 Å². The molecule has 0 amide bonds. The molecule has 0 aromatic heterocycles. The molecule has 67 heavy (non-hydrogen) atoms. The van der Waals surface area contributed by atoms with Gasteiger partial charge in [0, 0.05) is 12.8 Å². The predicted octanol–water partition coefficient (Wildman–Crippen LogP) is 16.3. The Hall–Kier alpha value is -2.03. The Morgan fingerprint density at radius 1 is 0.463 bits per heavy atom. The monoisotopic (exact) mass is 964 g/mol. The molecule has 0 N–H and O–H groups in total. The molecule has 0 aliphatic heterocycles. The highest BCUT2D eigenvalue weighted by molar-refractivity contribution is 7.45. The summed E-state index contributed by atoms with van der Waals surface area (Å²) in [6.07, 6.45) is 60.2. The van der Waals surface area contributed by atoms with Crippen LogP contribution >= 0.6 is 7.82 Å². The molecule has 0 saturated carbocycles. The van der Waals surface area contributed by atoms with Crippen molar-refractivity contribution in [3.63, 3.8) is 0 Å². The lowest BCUT2D eigenvalue weighted by atomic mass is 10.0. The van der Waals surface area contributed by atoms with Crippen LogP contribution in [0.4, 0.5) is 0 Å². The lowest BCUT2D eigenvalue weighted by molar-refractivity contribution is -0.870. The normalized spacial score (nSPS) is 13.7. The van der Waals surface area contributed by atoms with Crippen LogP contribution in [0.5, 0.6) is 0 Å². The molecule has 9 nitrogen and oxygen atoms in total. The molecular weight excluding hydrogens is 858 g/mol. The fourth-order valence-electron chi connectivity index (χ4n) is 7.77. The number of ether oxygens (including phenoxy) is 2. The van der Waals surface area contributed by atoms with Gasteiger partial charge in [-0.15, -0.1) is 0 Å². The van der Waals surface area contributed by atoms with Crippen LogP contribution in [0.3, 0.4) is 0 Å². The van der Waals surface area contributed by atoms with Crippen LogP contribution in [-0.4, -0.2) is 70.0 Å². The zero-order valence-corrected chi connectivity index (χ0v) is 45.2. The number of carbonyl (C=O) groups excluding carboxylic acids is 2. The first kappa shape index (κ1) is 65.0. The van der Waals surface area contributed by atoms with E-state index in [0.29, 0.717) is 23.9 Å². The molecule has 0 aromatic carbocycles. The second-order valence-corrected chi connectivity index (χ2v) is 21.4. The number of nitrogens with zero attached hydrogens (tertiary/aromatic N) is 1. The molecule has 0 aromatic rings. The molecule has 2 atom stereocenters. The largest absolute Gasteiger partial charge is 0.756 e. The molecule has 0 fully saturated rings. The van der Waals surface area contributed by atoms with E-state index in [-0.39, 0.29) is 26.1 Å². The van der Waals surface area contributed by atoms with E-state index < -0.39 is 32.5 Å². The van der Waals surface area contributed by atoms with Crippen LogP contribution in [0.15, 0.2) is 48.6 Å². The first-order valence-electron chi connectivity index (χ1n) is 27.8. The number of phosphoric ester groups is 1. The highest BCUT2D eigenvalue weighted by atomic mass is 31.2. The van der Waals surface area contributed by atoms with E-state index in [9.17, 15) is 19.0 Å². The summed E-state index contributed by atoms with van der Waals surface area (Å²) < 4.78 is 34.0. The van der Waals surface area contributed by atoms with Crippen molar-refractivity contribution in [3.8, 4) is 0 Å². The van der Waals surface area contributed by atoms with Crippen LogP contribution in [0.25, 0.3) is 0 Å². The van der Waals surface area contributed by atoms with E-state index in [1.807, 2.05) is 21.1 Å². The summed E-state index contributed by atoms with van der Waals surface area (Å²) in [5.74, 6) is -0.890. The molecule has 0 aliphatic carbocycles. The highest BCUT2D eigenvalue weighted by Crippen LogP contribution is 2.38. The van der Waals surface area contributed by atoms with Crippen molar-refractivity contribution in [2.24, 2.45) is 0 Å². The van der Waals surface area contributed by atoms with Gasteiger partial charge in [-0.2, -0.15) is 0 Å². The predicted molar refractivity (Wildman–Crippen MR) is 282 cm³/mol. The van der Waals surface area contributed by atoms with Gasteiger partial charge in [-0.25, -0.2) is 0 Å². The molecule has 0 spiro atoms. The first-order valence-corrected chi connectivity index (χ1v) is 29.3. The van der Waals surface area contributed by atoms with Gasteiger partial charge in [-0.3, -0.25) is 14.2 Å². The van der Waals surface area contributed by atoms with Crippen LogP contribution in [0.1, 0.15) is 251 Å². The van der Waals surface area contributed by atoms with Gasteiger partial charge < -0.3 is 27.9 Å². The van der Waals surface area contributed by atoms with Crippen molar-refractivity contribution < 1.29 is 42.1 Å². The van der Waals surface area contributed by atoms with Gasteiger partial charge in [0.05, 0.1) is 27.7 Å². The lowest BCUT2D eigenvalue weighted by Gasteiger charge is -2.28. The summed E-state index contributed by atoms with van der Waals surface area (Å²) in [5, 5.41) is 0. The minimum atomic E-state index is -4.65. The zero-order chi connectivity index (χ0) is 49.2. The molecule has 0 radical (unpaired) electrons. The lowest BCUT2D eigenvalue weighted by Crippen LogP contribution is -2.37. The summed E-state index contributed by atoms with van der Waals surface area (Å²) in [6.45, 7) is 4.20. The first-order chi connectivity index (χ1) is 32.5. The Morgan fingerprint density at radius 3 is 1.24 bits per heavy atom. The number of hydrogen-bond acceptors (Lipinski definition) is 8. The molecule has 0 saturated heterocycles. The summed E-state index contributed by atoms with van der Waals surface area (Å²) in [5.41, 5.74) is 0. The number of likely N-dealkylation sites (N-methyl/N-ethyl adjacent to an activating group) is 1. The van der Waals surface area contributed by atoms with Gasteiger partial charge >= 0.3 is 11.9 Å². The maximum Gasteiger partial charge on any atom is 0.306 e. The second kappa shape index (κ2) is 49.0. The van der Waals surface area contributed by atoms with Crippen molar-refractivity contribution >= 4 is 19.8 Å². The Kier molecular flexibility index (Phi) is 47.5. The maximum absolute atomic E-state index is 12.7. The molecule has 0 bridgehead atoms. The number of phosphoric acid groups is 1. The second-order valence-electron chi connectivity index (χ2n) is 20.0. The molecular formula is C57H106NO8P. The number of rotatable bonds is 51. The summed E-state index contributed by atoms with van der Waals surface area (Å²) >= 11 is 0. The number of unbranched alkanes of at least 4 members (excludes halogenated alkanes) is 29. The number of allylic oxidation sites excluding steroid dienone is 8. The SMILES string of the molecule is CCCCCCCCC/C=C/C/C=C/C/C=C/C/C=C/CCCC(=O)O[C@H](COC(=O)CCCCCCCCCCCCCCCCCCCCCCCC)COP(=O)([O-])OCC[N+](C)(C)C. The summed E-state index contributed by atoms with van der Waals surface area (Å²) in [6, 6.07) is 0. The zero-order valence-electron chi connectivity index (χ0n) is 44.3. The van der Waals surface area contributed by atoms with Crippen molar-refractivity contribution in [2.75, 3.05) is 47.5 Å². The highest BCUT2D eigenvalue weighted by Gasteiger charge is 2.21. The van der Waals surface area contributed by atoms with Gasteiger partial charge in [0.2, 0.25) is 0 Å². The Balaban J connectivity index is 4.27. The summed E-state index contributed by atoms with van der Waals surface area (Å²) in [4.78, 5) is 37.8. The van der Waals surface area contributed by atoms with E-state index in [1.54, 1.807) is 0 Å². The molecule has 10 heteroatoms. The third-order valence-corrected chi connectivity index (χ3v) is 13.1. The van der Waals surface area contributed by atoms with Gasteiger partial charge in [-0.1, -0.05) is 236 Å². The standard InChI is InChI=1S/C57H106NO8P/c1-6-8-10-12-14-16-18-20-22-24-26-28-30-31-33-35-37-39-41-43-45-47-49-56(59)63-53-55(54-65-67(61,62)64-52-51-58(3,4)5)66-57(60)50-48-46-44-42-40-38-36-34-32-29-27-25-23-21-19-17-15-13-11-9-7-2/h23,25,29,32,36,38,42,44,55H,6-22,24,26-28,30-31,33-35,37,39-41,43,45-54H2,1-5H3/b25-23+,32-29+,38-36+,44-42+/t55-/m1/s1. The van der Waals surface area contributed by atoms with Crippen LogP contribution < -0.4 is 4.89 Å². The third kappa shape index (κ3) is 53.2. The third-order valence-electron chi connectivity index (χ3n) is 12.1. The molecule has 0 aliphatic rings. The van der Waals surface area contributed by atoms with Crippen molar-refractivity contribution in [2.45, 2.75) is 258 Å². The van der Waals surface area contributed by atoms with E-state index in [1.165, 1.54) is 173 Å². The maximum atomic E-state index is 12.7. The van der Waals surface area contributed by atoms with E-state index >= 15 is 0 Å². The number of hydrogen-bond donors (Lipinski definition) is 0. The van der Waals surface area contributed by atoms with E-state index in [2.05, 4.69) is 62.5 Å². The molecule has 0 rings (SSSR count). The fraction of sp³-hybridized carbons (Fsp3) is 0.825. The quantitative estimate of drug-likeness (QED) is 0.0195. The van der Waals surface area contributed by atoms with Gasteiger partial charge in [0.1, 0.15) is 19.8 Å². The van der Waals surface area contributed by atoms with Gasteiger partial charge in [-0.05, 0) is 51.4 Å². The Morgan fingerprint density at radius 2 is 0.821 bits per heavy atom. The minimum Gasteiger partial charge on any atom is -0.756 e. The van der Waals surface area contributed by atoms with Gasteiger partial charge in [0.15, 0.2) is 6.10 Å².